The van der Waals surface area contributed by atoms with Crippen molar-refractivity contribution in [3.8, 4) is 0 Å². The lowest BCUT2D eigenvalue weighted by molar-refractivity contribution is 0.518. The molecule has 0 heterocycles. The van der Waals surface area contributed by atoms with Gasteiger partial charge >= 0.3 is 0 Å². The Labute approximate surface area is 108 Å². The first-order valence-corrected chi connectivity index (χ1v) is 6.16. The van der Waals surface area contributed by atoms with E-state index < -0.39 is 0 Å². The predicted octanol–water partition coefficient (Wildman–Crippen LogP) is 5.14. The third kappa shape index (κ3) is 12.4. The van der Waals surface area contributed by atoms with Crippen LogP contribution < -0.4 is 0 Å². The van der Waals surface area contributed by atoms with Gasteiger partial charge in [-0.2, -0.15) is 5.10 Å². The smallest absolute Gasteiger partial charge is 0.0641 e. The lowest BCUT2D eigenvalue weighted by atomic mass is 10.3. The molecule has 2 heteroatoms. The maximum absolute atomic E-state index is 4.10. The van der Waals surface area contributed by atoms with E-state index in [0.29, 0.717) is 0 Å². The van der Waals surface area contributed by atoms with E-state index in [2.05, 4.69) is 18.3 Å². The number of hydrogen-bond acceptors (Lipinski definition) is 2. The van der Waals surface area contributed by atoms with Gasteiger partial charge in [-0.05, 0) is 26.0 Å². The molecule has 0 rings (SSSR count). The van der Waals surface area contributed by atoms with Crippen molar-refractivity contribution in [1.82, 2.24) is 5.01 Å². The quantitative estimate of drug-likeness (QED) is 0.367. The van der Waals surface area contributed by atoms with E-state index in [1.54, 1.807) is 23.5 Å². The molecule has 0 amide bonds. The summed E-state index contributed by atoms with van der Waals surface area (Å²) in [6.45, 7) is 19.1. The maximum Gasteiger partial charge on any atom is 0.0641 e. The Kier molecular flexibility index (Phi) is 24.4. The van der Waals surface area contributed by atoms with Crippen LogP contribution in [0.3, 0.4) is 0 Å². The molecule has 0 saturated carbocycles. The first-order valence-electron chi connectivity index (χ1n) is 6.16. The average molecular weight is 236 g/mol. The number of hydrazone groups is 1. The molecule has 0 spiro atoms. The second-order valence-corrected chi connectivity index (χ2v) is 2.23. The number of rotatable bonds is 5. The van der Waals surface area contributed by atoms with Gasteiger partial charge in [-0.15, -0.1) is 0 Å². The third-order valence-corrected chi connectivity index (χ3v) is 1.30. The highest BCUT2D eigenvalue weighted by molar-refractivity contribution is 5.53. The summed E-state index contributed by atoms with van der Waals surface area (Å²) < 4.78 is 0. The fourth-order valence-corrected chi connectivity index (χ4v) is 0.843. The summed E-state index contributed by atoms with van der Waals surface area (Å²) in [6, 6.07) is 0. The second kappa shape index (κ2) is 19.9. The van der Waals surface area contributed by atoms with Gasteiger partial charge in [0, 0.05) is 12.4 Å². The van der Waals surface area contributed by atoms with Crippen LogP contribution in [0, 0.1) is 0 Å². The van der Waals surface area contributed by atoms with Crippen molar-refractivity contribution in [1.29, 1.82) is 0 Å². The van der Waals surface area contributed by atoms with Crippen LogP contribution in [0.15, 0.2) is 54.5 Å². The van der Waals surface area contributed by atoms with Gasteiger partial charge in [0.2, 0.25) is 0 Å². The Hall–Kier alpha value is -1.57. The number of hydrogen-bond donors (Lipinski definition) is 0. The topological polar surface area (TPSA) is 15.6 Å². The summed E-state index contributed by atoms with van der Waals surface area (Å²) >= 11 is 0. The van der Waals surface area contributed by atoms with E-state index in [1.807, 2.05) is 59.8 Å². The summed E-state index contributed by atoms with van der Waals surface area (Å²) in [5.74, 6) is 0. The molecule has 0 bridgehead atoms. The lowest BCUT2D eigenvalue weighted by Gasteiger charge is -2.13. The van der Waals surface area contributed by atoms with E-state index in [4.69, 9.17) is 0 Å². The summed E-state index contributed by atoms with van der Waals surface area (Å²) in [6.07, 6.45) is 10.8. The van der Waals surface area contributed by atoms with Crippen LogP contribution in [0.25, 0.3) is 0 Å². The second-order valence-electron chi connectivity index (χ2n) is 2.23. The van der Waals surface area contributed by atoms with Gasteiger partial charge in [0.15, 0.2) is 0 Å². The van der Waals surface area contributed by atoms with Gasteiger partial charge < -0.3 is 0 Å². The molecule has 0 fully saturated rings. The highest BCUT2D eigenvalue weighted by Crippen LogP contribution is 2.07. The number of nitrogens with zero attached hydrogens (tertiary/aromatic N) is 2. The molecule has 17 heavy (non-hydrogen) atoms. The van der Waals surface area contributed by atoms with E-state index in [0.717, 1.165) is 5.70 Å². The Morgan fingerprint density at radius 1 is 1.06 bits per heavy atom. The van der Waals surface area contributed by atoms with Crippen molar-refractivity contribution in [3.63, 3.8) is 0 Å². The molecule has 0 aromatic heterocycles. The van der Waals surface area contributed by atoms with Gasteiger partial charge in [0.1, 0.15) is 0 Å². The Balaban J connectivity index is -0.000000439. The molecule has 2 nitrogen and oxygen atoms in total. The van der Waals surface area contributed by atoms with Crippen molar-refractivity contribution < 1.29 is 0 Å². The lowest BCUT2D eigenvalue weighted by Crippen LogP contribution is -2.06. The van der Waals surface area contributed by atoms with Crippen molar-refractivity contribution in [3.05, 3.63) is 49.4 Å². The molecule has 0 aliphatic heterocycles. The standard InChI is InChI=1S/C11H16N2.2C2H6/c1-5-9-11(10-6-2)13(8-4)12-7-3;2*1-2/h5-10H,1,4H2,2-3H3;2*1-2H3/b10-6-,11-9+,12-7-;;. The predicted molar refractivity (Wildman–Crippen MR) is 82.0 cm³/mol. The monoisotopic (exact) mass is 236 g/mol. The van der Waals surface area contributed by atoms with Crippen LogP contribution in [0.1, 0.15) is 41.5 Å². The Morgan fingerprint density at radius 2 is 1.59 bits per heavy atom. The van der Waals surface area contributed by atoms with E-state index in [-0.39, 0.29) is 0 Å². The fraction of sp³-hybridized carbons (Fsp3) is 0.400. The summed E-state index contributed by atoms with van der Waals surface area (Å²) in [5.41, 5.74) is 0.936. The van der Waals surface area contributed by atoms with Crippen molar-refractivity contribution >= 4 is 6.21 Å². The molecular weight excluding hydrogens is 208 g/mol. The van der Waals surface area contributed by atoms with Crippen LogP contribution in [-0.4, -0.2) is 11.2 Å². The van der Waals surface area contributed by atoms with Crippen molar-refractivity contribution in [2.75, 3.05) is 0 Å². The third-order valence-electron chi connectivity index (χ3n) is 1.30. The minimum absolute atomic E-state index is 0.936. The zero-order valence-electron chi connectivity index (χ0n) is 12.3. The minimum Gasteiger partial charge on any atom is -0.242 e. The maximum atomic E-state index is 4.10. The van der Waals surface area contributed by atoms with Crippen LogP contribution in [0.2, 0.25) is 0 Å². The highest BCUT2D eigenvalue weighted by Gasteiger charge is 1.97. The first kappa shape index (κ1) is 20.8. The zero-order valence-corrected chi connectivity index (χ0v) is 12.3. The summed E-state index contributed by atoms with van der Waals surface area (Å²) in [7, 11) is 0. The van der Waals surface area contributed by atoms with E-state index in [1.165, 1.54) is 0 Å². The van der Waals surface area contributed by atoms with Crippen LogP contribution in [0.5, 0.6) is 0 Å². The van der Waals surface area contributed by atoms with Crippen molar-refractivity contribution in [2.24, 2.45) is 5.10 Å². The Bertz CT molecular complexity index is 248. The van der Waals surface area contributed by atoms with E-state index >= 15 is 0 Å². The van der Waals surface area contributed by atoms with Gasteiger partial charge in [0.25, 0.3) is 0 Å². The normalized spacial score (nSPS) is 10.1. The molecule has 98 valence electrons. The molecule has 0 aromatic rings. The molecule has 0 aliphatic carbocycles. The molecule has 0 unspecified atom stereocenters. The number of allylic oxidation sites excluding steroid dienone is 4. The van der Waals surface area contributed by atoms with Gasteiger partial charge in [-0.25, -0.2) is 5.01 Å². The van der Waals surface area contributed by atoms with Gasteiger partial charge in [0.05, 0.1) is 5.70 Å². The molecule has 0 aliphatic rings. The molecule has 0 N–H and O–H groups in total. The first-order chi connectivity index (χ1) is 8.29. The minimum atomic E-state index is 0.936. The van der Waals surface area contributed by atoms with Crippen LogP contribution >= 0.6 is 0 Å². The van der Waals surface area contributed by atoms with Gasteiger partial charge in [-0.3, -0.25) is 0 Å². The summed E-state index contributed by atoms with van der Waals surface area (Å²) in [5, 5.41) is 5.79. The molecule has 0 saturated heterocycles. The Morgan fingerprint density at radius 3 is 1.88 bits per heavy atom. The SMILES string of the molecule is C=C/C=C(\C=C/C)N(C=C)/N=C\C.CC.CC. The van der Waals surface area contributed by atoms with Crippen LogP contribution in [-0.2, 0) is 0 Å². The molecule has 0 radical (unpaired) electrons. The molecule has 0 atom stereocenters. The highest BCUT2D eigenvalue weighted by atomic mass is 15.4. The average Bonchev–Trinajstić information content (AvgIpc) is 2.40. The zero-order chi connectivity index (χ0) is 14.1. The fourth-order valence-electron chi connectivity index (χ4n) is 0.843. The molecule has 0 aromatic carbocycles. The van der Waals surface area contributed by atoms with Crippen molar-refractivity contribution in [2.45, 2.75) is 41.5 Å². The molecular formula is C15H28N2. The van der Waals surface area contributed by atoms with E-state index in [9.17, 15) is 0 Å². The summed E-state index contributed by atoms with van der Waals surface area (Å²) in [4.78, 5) is 0. The van der Waals surface area contributed by atoms with Crippen LogP contribution in [0.4, 0.5) is 0 Å². The largest absolute Gasteiger partial charge is 0.242 e. The van der Waals surface area contributed by atoms with Gasteiger partial charge in [-0.1, -0.05) is 53.0 Å².